The summed E-state index contributed by atoms with van der Waals surface area (Å²) < 4.78 is 24.5. The Kier molecular flexibility index (Phi) is 10.9. The Labute approximate surface area is 199 Å². The molecule has 3 nitrogen and oxygen atoms in total. The van der Waals surface area contributed by atoms with Gasteiger partial charge in [0, 0.05) is 17.9 Å². The van der Waals surface area contributed by atoms with Crippen LogP contribution in [0, 0.1) is 26.6 Å². The number of esters is 1. The molecule has 2 rings (SSSR count). The van der Waals surface area contributed by atoms with E-state index in [1.54, 1.807) is 19.2 Å². The number of methoxy groups -OCH3 is 2. The maximum absolute atomic E-state index is 13.7. The molecule has 0 aliphatic carbocycles. The molecular formula is C29H41FO3. The third-order valence-electron chi connectivity index (χ3n) is 6.91. The summed E-state index contributed by atoms with van der Waals surface area (Å²) in [5.41, 5.74) is 7.58. The SMILES string of the molecule is CCCCCc1c(C)c(C)c(OC)c(C(CCCCCC(=O)OC)c2ccc(F)cc2)c1C. The summed E-state index contributed by atoms with van der Waals surface area (Å²) in [5.74, 6) is 0.684. The van der Waals surface area contributed by atoms with Gasteiger partial charge in [-0.05, 0) is 86.4 Å². The predicted octanol–water partition coefficient (Wildman–Crippen LogP) is 7.75. The third-order valence-corrected chi connectivity index (χ3v) is 6.91. The van der Waals surface area contributed by atoms with Crippen molar-refractivity contribution in [1.29, 1.82) is 0 Å². The zero-order valence-electron chi connectivity index (χ0n) is 21.4. The summed E-state index contributed by atoms with van der Waals surface area (Å²) in [5, 5.41) is 0. The normalized spacial score (nSPS) is 12.0. The first-order valence-electron chi connectivity index (χ1n) is 12.3. The van der Waals surface area contributed by atoms with Crippen LogP contribution in [0.2, 0.25) is 0 Å². The highest BCUT2D eigenvalue weighted by Gasteiger charge is 2.25. The third kappa shape index (κ3) is 7.06. The number of hydrogen-bond acceptors (Lipinski definition) is 3. The number of halogens is 1. The van der Waals surface area contributed by atoms with Crippen molar-refractivity contribution in [2.45, 2.75) is 91.4 Å². The lowest BCUT2D eigenvalue weighted by Crippen LogP contribution is -2.12. The number of carbonyl (C=O) groups excluding carboxylic acids is 1. The minimum absolute atomic E-state index is 0.114. The van der Waals surface area contributed by atoms with E-state index in [-0.39, 0.29) is 17.7 Å². The molecule has 0 saturated heterocycles. The van der Waals surface area contributed by atoms with E-state index in [1.165, 1.54) is 54.2 Å². The Balaban J connectivity index is 2.45. The van der Waals surface area contributed by atoms with Crippen LogP contribution in [-0.2, 0) is 16.0 Å². The van der Waals surface area contributed by atoms with E-state index in [4.69, 9.17) is 9.47 Å². The van der Waals surface area contributed by atoms with Crippen LogP contribution in [0.25, 0.3) is 0 Å². The zero-order chi connectivity index (χ0) is 24.4. The second-order valence-electron chi connectivity index (χ2n) is 9.04. The van der Waals surface area contributed by atoms with Gasteiger partial charge in [0.15, 0.2) is 0 Å². The maximum atomic E-state index is 13.7. The fourth-order valence-electron chi connectivity index (χ4n) is 4.89. The van der Waals surface area contributed by atoms with Crippen molar-refractivity contribution >= 4 is 5.97 Å². The molecule has 33 heavy (non-hydrogen) atoms. The van der Waals surface area contributed by atoms with Crippen LogP contribution < -0.4 is 4.74 Å². The van der Waals surface area contributed by atoms with Gasteiger partial charge in [-0.1, -0.05) is 44.7 Å². The largest absolute Gasteiger partial charge is 0.496 e. The van der Waals surface area contributed by atoms with Crippen molar-refractivity contribution in [3.8, 4) is 5.75 Å². The first kappa shape index (κ1) is 26.9. The number of hydrogen-bond donors (Lipinski definition) is 0. The molecule has 0 N–H and O–H groups in total. The van der Waals surface area contributed by atoms with Gasteiger partial charge in [0.1, 0.15) is 11.6 Å². The van der Waals surface area contributed by atoms with Crippen LogP contribution in [-0.4, -0.2) is 20.2 Å². The summed E-state index contributed by atoms with van der Waals surface area (Å²) >= 11 is 0. The molecule has 0 radical (unpaired) electrons. The van der Waals surface area contributed by atoms with Crippen molar-refractivity contribution in [3.63, 3.8) is 0 Å². The summed E-state index contributed by atoms with van der Waals surface area (Å²) in [7, 11) is 3.18. The minimum atomic E-state index is -0.223. The van der Waals surface area contributed by atoms with E-state index in [9.17, 15) is 9.18 Å². The van der Waals surface area contributed by atoms with Gasteiger partial charge in [0.05, 0.1) is 14.2 Å². The fourth-order valence-corrected chi connectivity index (χ4v) is 4.89. The second kappa shape index (κ2) is 13.4. The second-order valence-corrected chi connectivity index (χ2v) is 9.04. The lowest BCUT2D eigenvalue weighted by molar-refractivity contribution is -0.140. The summed E-state index contributed by atoms with van der Waals surface area (Å²) in [6.45, 7) is 8.81. The Morgan fingerprint density at radius 2 is 1.61 bits per heavy atom. The molecule has 0 saturated carbocycles. The van der Waals surface area contributed by atoms with Crippen molar-refractivity contribution < 1.29 is 18.7 Å². The molecule has 0 spiro atoms. The summed E-state index contributed by atoms with van der Waals surface area (Å²) in [6.07, 6.45) is 8.77. The van der Waals surface area contributed by atoms with Crippen molar-refractivity contribution in [3.05, 3.63) is 63.5 Å². The van der Waals surface area contributed by atoms with Crippen LogP contribution in [0.4, 0.5) is 4.39 Å². The number of ether oxygens (including phenoxy) is 2. The molecule has 0 fully saturated rings. The fraction of sp³-hybridized carbons (Fsp3) is 0.552. The average molecular weight is 457 g/mol. The van der Waals surface area contributed by atoms with E-state index in [0.29, 0.717) is 6.42 Å². The molecule has 1 atom stereocenters. The van der Waals surface area contributed by atoms with E-state index in [2.05, 4.69) is 27.7 Å². The Morgan fingerprint density at radius 1 is 0.909 bits per heavy atom. The average Bonchev–Trinajstić information content (AvgIpc) is 2.81. The molecule has 0 aromatic heterocycles. The monoisotopic (exact) mass is 456 g/mol. The summed E-state index contributed by atoms with van der Waals surface area (Å²) in [6, 6.07) is 6.90. The number of unbranched alkanes of at least 4 members (excludes halogenated alkanes) is 4. The van der Waals surface area contributed by atoms with Crippen LogP contribution in [0.1, 0.15) is 97.6 Å². The minimum Gasteiger partial charge on any atom is -0.496 e. The predicted molar refractivity (Wildman–Crippen MR) is 134 cm³/mol. The van der Waals surface area contributed by atoms with Crippen LogP contribution in [0.5, 0.6) is 5.75 Å². The number of rotatable bonds is 13. The number of carbonyl (C=O) groups is 1. The van der Waals surface area contributed by atoms with E-state index >= 15 is 0 Å². The van der Waals surface area contributed by atoms with Gasteiger partial charge < -0.3 is 9.47 Å². The van der Waals surface area contributed by atoms with Gasteiger partial charge in [-0.25, -0.2) is 4.39 Å². The van der Waals surface area contributed by atoms with E-state index in [0.717, 1.165) is 43.4 Å². The maximum Gasteiger partial charge on any atom is 0.305 e. The van der Waals surface area contributed by atoms with Gasteiger partial charge in [0.25, 0.3) is 0 Å². The molecule has 0 bridgehead atoms. The molecule has 0 amide bonds. The smallest absolute Gasteiger partial charge is 0.305 e. The number of benzene rings is 2. The first-order chi connectivity index (χ1) is 15.8. The van der Waals surface area contributed by atoms with E-state index in [1.807, 2.05) is 12.1 Å². The molecule has 0 aliphatic heterocycles. The molecule has 182 valence electrons. The van der Waals surface area contributed by atoms with Crippen molar-refractivity contribution in [1.82, 2.24) is 0 Å². The molecule has 0 heterocycles. The van der Waals surface area contributed by atoms with Gasteiger partial charge in [-0.2, -0.15) is 0 Å². The zero-order valence-corrected chi connectivity index (χ0v) is 21.4. The lowest BCUT2D eigenvalue weighted by atomic mass is 9.79. The van der Waals surface area contributed by atoms with Crippen molar-refractivity contribution in [2.75, 3.05) is 14.2 Å². The highest BCUT2D eigenvalue weighted by atomic mass is 19.1. The lowest BCUT2D eigenvalue weighted by Gasteiger charge is -2.28. The van der Waals surface area contributed by atoms with Gasteiger partial charge >= 0.3 is 5.97 Å². The Bertz CT molecular complexity index is 902. The Hall–Kier alpha value is -2.36. The standard InChI is InChI=1S/C29H41FO3/c1-7-8-10-13-25-20(2)21(3)29(33-6)28(22(25)4)26(23-16-18-24(30)19-17-23)14-11-9-12-15-27(31)32-5/h16-19,26H,7-15H2,1-6H3. The highest BCUT2D eigenvalue weighted by molar-refractivity contribution is 5.69. The van der Waals surface area contributed by atoms with Gasteiger partial charge in [0.2, 0.25) is 0 Å². The van der Waals surface area contributed by atoms with Crippen LogP contribution in [0.3, 0.4) is 0 Å². The van der Waals surface area contributed by atoms with Crippen LogP contribution >= 0.6 is 0 Å². The molecule has 2 aromatic carbocycles. The topological polar surface area (TPSA) is 35.5 Å². The molecular weight excluding hydrogens is 415 g/mol. The molecule has 2 aromatic rings. The van der Waals surface area contributed by atoms with E-state index < -0.39 is 0 Å². The van der Waals surface area contributed by atoms with Crippen molar-refractivity contribution in [2.24, 2.45) is 0 Å². The highest BCUT2D eigenvalue weighted by Crippen LogP contribution is 2.43. The van der Waals surface area contributed by atoms with Gasteiger partial charge in [-0.3, -0.25) is 4.79 Å². The molecule has 4 heteroatoms. The van der Waals surface area contributed by atoms with Gasteiger partial charge in [-0.15, -0.1) is 0 Å². The summed E-state index contributed by atoms with van der Waals surface area (Å²) in [4.78, 5) is 11.5. The molecule has 1 unspecified atom stereocenters. The first-order valence-corrected chi connectivity index (χ1v) is 12.3. The van der Waals surface area contributed by atoms with Crippen LogP contribution in [0.15, 0.2) is 24.3 Å². The Morgan fingerprint density at radius 3 is 2.21 bits per heavy atom. The quantitative estimate of drug-likeness (QED) is 0.228. The molecule has 0 aliphatic rings.